The molecule has 2 rings (SSSR count). The van der Waals surface area contributed by atoms with E-state index in [4.69, 9.17) is 21.1 Å². The van der Waals surface area contributed by atoms with E-state index < -0.39 is 30.2 Å². The van der Waals surface area contributed by atoms with Crippen LogP contribution in [0.5, 0.6) is 5.75 Å². The Balaban J connectivity index is 1.96. The number of esters is 1. The highest BCUT2D eigenvalue weighted by Crippen LogP contribution is 2.33. The van der Waals surface area contributed by atoms with E-state index in [0.717, 1.165) is 17.7 Å². The van der Waals surface area contributed by atoms with E-state index in [1.807, 2.05) is 13.0 Å². The molecule has 0 spiro atoms. The number of nitrogens with one attached hydrogen (secondary N) is 1. The number of hydrogen-bond acceptors (Lipinski definition) is 4. The third-order valence-electron chi connectivity index (χ3n) is 3.70. The molecule has 0 saturated heterocycles. The molecule has 28 heavy (non-hydrogen) atoms. The normalized spacial score (nSPS) is 11.1. The van der Waals surface area contributed by atoms with Gasteiger partial charge in [-0.3, -0.25) is 9.59 Å². The summed E-state index contributed by atoms with van der Waals surface area (Å²) in [6.07, 6.45) is -4.70. The summed E-state index contributed by atoms with van der Waals surface area (Å²) < 4.78 is 48.3. The first-order valence-electron chi connectivity index (χ1n) is 8.06. The zero-order valence-corrected chi connectivity index (χ0v) is 15.8. The predicted molar refractivity (Wildman–Crippen MR) is 97.5 cm³/mol. The number of carbonyl (C=O) groups is 2. The van der Waals surface area contributed by atoms with Crippen molar-refractivity contribution in [1.82, 2.24) is 0 Å². The summed E-state index contributed by atoms with van der Waals surface area (Å²) >= 11 is 5.80. The Hall–Kier alpha value is -2.74. The van der Waals surface area contributed by atoms with Crippen molar-refractivity contribution >= 4 is 29.2 Å². The third kappa shape index (κ3) is 5.88. The van der Waals surface area contributed by atoms with Crippen LogP contribution in [-0.4, -0.2) is 25.6 Å². The summed E-state index contributed by atoms with van der Waals surface area (Å²) in [4.78, 5) is 23.9. The molecule has 0 saturated carbocycles. The molecule has 0 aliphatic heterocycles. The average Bonchev–Trinajstić information content (AvgIpc) is 2.61. The van der Waals surface area contributed by atoms with Gasteiger partial charge in [0.05, 0.1) is 29.8 Å². The lowest BCUT2D eigenvalue weighted by atomic mass is 10.1. The average molecular weight is 416 g/mol. The van der Waals surface area contributed by atoms with Gasteiger partial charge in [-0.1, -0.05) is 29.3 Å². The molecule has 0 aromatic heterocycles. The number of halogens is 4. The van der Waals surface area contributed by atoms with Gasteiger partial charge in [0, 0.05) is 5.56 Å². The molecule has 0 bridgehead atoms. The van der Waals surface area contributed by atoms with Gasteiger partial charge in [0.2, 0.25) is 0 Å². The largest absolute Gasteiger partial charge is 0.496 e. The topological polar surface area (TPSA) is 64.6 Å². The Morgan fingerprint density at radius 1 is 1.14 bits per heavy atom. The highest BCUT2D eigenvalue weighted by Gasteiger charge is 2.31. The molecule has 0 aliphatic carbocycles. The van der Waals surface area contributed by atoms with Crippen LogP contribution >= 0.6 is 11.6 Å². The van der Waals surface area contributed by atoms with Crippen molar-refractivity contribution < 1.29 is 32.2 Å². The van der Waals surface area contributed by atoms with E-state index in [-0.39, 0.29) is 17.1 Å². The van der Waals surface area contributed by atoms with Crippen LogP contribution in [-0.2, 0) is 26.9 Å². The van der Waals surface area contributed by atoms with Crippen LogP contribution in [0.4, 0.5) is 18.9 Å². The van der Waals surface area contributed by atoms with Crippen LogP contribution in [0, 0.1) is 6.92 Å². The van der Waals surface area contributed by atoms with E-state index in [9.17, 15) is 22.8 Å². The van der Waals surface area contributed by atoms with Crippen LogP contribution in [0.1, 0.15) is 16.7 Å². The van der Waals surface area contributed by atoms with Crippen LogP contribution in [0.2, 0.25) is 5.02 Å². The highest BCUT2D eigenvalue weighted by molar-refractivity contribution is 6.33. The van der Waals surface area contributed by atoms with Crippen molar-refractivity contribution in [2.75, 3.05) is 19.0 Å². The van der Waals surface area contributed by atoms with Crippen molar-refractivity contribution in [3.05, 3.63) is 58.1 Å². The van der Waals surface area contributed by atoms with E-state index in [1.165, 1.54) is 7.11 Å². The van der Waals surface area contributed by atoms with Crippen LogP contribution in [0.3, 0.4) is 0 Å². The van der Waals surface area contributed by atoms with Gasteiger partial charge >= 0.3 is 12.1 Å². The van der Waals surface area contributed by atoms with E-state index in [0.29, 0.717) is 17.4 Å². The fourth-order valence-corrected chi connectivity index (χ4v) is 2.55. The Bertz CT molecular complexity index is 884. The second-order valence-corrected chi connectivity index (χ2v) is 6.30. The van der Waals surface area contributed by atoms with Crippen molar-refractivity contribution in [1.29, 1.82) is 0 Å². The quantitative estimate of drug-likeness (QED) is 0.710. The zero-order valence-electron chi connectivity index (χ0n) is 15.0. The summed E-state index contributed by atoms with van der Waals surface area (Å²) in [6, 6.07) is 7.81. The van der Waals surface area contributed by atoms with Gasteiger partial charge in [0.1, 0.15) is 5.75 Å². The molecule has 0 aliphatic rings. The molecule has 150 valence electrons. The molecule has 9 heteroatoms. The van der Waals surface area contributed by atoms with Gasteiger partial charge in [-0.15, -0.1) is 0 Å². The first kappa shape index (κ1) is 21.6. The number of alkyl halides is 3. The summed E-state index contributed by atoms with van der Waals surface area (Å²) in [5.41, 5.74) is 0.322. The molecule has 2 aromatic rings. The van der Waals surface area contributed by atoms with Gasteiger partial charge in [-0.2, -0.15) is 13.2 Å². The molecule has 0 heterocycles. The molecule has 0 unspecified atom stereocenters. The number of carbonyl (C=O) groups excluding carboxylic acids is 2. The maximum Gasteiger partial charge on any atom is 0.416 e. The minimum Gasteiger partial charge on any atom is -0.496 e. The smallest absolute Gasteiger partial charge is 0.416 e. The number of aryl methyl sites for hydroxylation is 1. The lowest BCUT2D eigenvalue weighted by Gasteiger charge is -2.12. The lowest BCUT2D eigenvalue weighted by Crippen LogP contribution is -2.22. The van der Waals surface area contributed by atoms with Crippen molar-refractivity contribution in [2.24, 2.45) is 0 Å². The number of hydrogen-bond donors (Lipinski definition) is 1. The van der Waals surface area contributed by atoms with Crippen molar-refractivity contribution in [2.45, 2.75) is 19.5 Å². The molecule has 1 N–H and O–H groups in total. The first-order chi connectivity index (χ1) is 13.1. The number of rotatable bonds is 6. The minimum atomic E-state index is -4.58. The van der Waals surface area contributed by atoms with Crippen LogP contribution in [0.15, 0.2) is 36.4 Å². The Morgan fingerprint density at radius 2 is 1.86 bits per heavy atom. The molecule has 1 amide bonds. The van der Waals surface area contributed by atoms with Crippen LogP contribution in [0.25, 0.3) is 0 Å². The minimum absolute atomic E-state index is 0.0721. The van der Waals surface area contributed by atoms with Gasteiger partial charge in [0.25, 0.3) is 5.91 Å². The van der Waals surface area contributed by atoms with Crippen molar-refractivity contribution in [3.8, 4) is 5.75 Å². The zero-order chi connectivity index (χ0) is 20.9. The first-order valence-corrected chi connectivity index (χ1v) is 8.43. The second-order valence-electron chi connectivity index (χ2n) is 5.89. The third-order valence-corrected chi connectivity index (χ3v) is 4.03. The van der Waals surface area contributed by atoms with E-state index in [1.54, 1.807) is 12.1 Å². The maximum atomic E-state index is 12.8. The molecule has 0 radical (unpaired) electrons. The summed E-state index contributed by atoms with van der Waals surface area (Å²) in [5.74, 6) is -0.997. The molecule has 2 aromatic carbocycles. The highest BCUT2D eigenvalue weighted by atomic mass is 35.5. The van der Waals surface area contributed by atoms with Gasteiger partial charge in [-0.25, -0.2) is 0 Å². The lowest BCUT2D eigenvalue weighted by molar-refractivity contribution is -0.146. The summed E-state index contributed by atoms with van der Waals surface area (Å²) in [7, 11) is 1.46. The SMILES string of the molecule is COc1ccc(C)cc1CC(=O)OCC(=O)Nc1cc(C(F)(F)F)ccc1Cl. The second kappa shape index (κ2) is 8.97. The van der Waals surface area contributed by atoms with Gasteiger partial charge in [0.15, 0.2) is 6.61 Å². The Labute approximate surface area is 164 Å². The van der Waals surface area contributed by atoms with Gasteiger partial charge < -0.3 is 14.8 Å². The Morgan fingerprint density at radius 3 is 2.50 bits per heavy atom. The molecular formula is C19H17ClF3NO4. The predicted octanol–water partition coefficient (Wildman–Crippen LogP) is 4.40. The number of ether oxygens (including phenoxy) is 2. The fraction of sp³-hybridized carbons (Fsp3) is 0.263. The number of amides is 1. The molecule has 0 atom stereocenters. The fourth-order valence-electron chi connectivity index (χ4n) is 2.38. The molecular weight excluding hydrogens is 399 g/mol. The van der Waals surface area contributed by atoms with E-state index >= 15 is 0 Å². The maximum absolute atomic E-state index is 12.8. The van der Waals surface area contributed by atoms with E-state index in [2.05, 4.69) is 5.32 Å². The van der Waals surface area contributed by atoms with Crippen molar-refractivity contribution in [3.63, 3.8) is 0 Å². The number of benzene rings is 2. The summed E-state index contributed by atoms with van der Waals surface area (Å²) in [5, 5.41) is 2.13. The standard InChI is InChI=1S/C19H17ClF3NO4/c1-11-3-6-16(27-2)12(7-11)8-18(26)28-10-17(25)24-15-9-13(19(21,22)23)4-5-14(15)20/h3-7,9H,8,10H2,1-2H3,(H,24,25). The molecule has 5 nitrogen and oxygen atoms in total. The van der Waals surface area contributed by atoms with Gasteiger partial charge in [-0.05, 0) is 31.2 Å². The number of anilines is 1. The molecule has 0 fully saturated rings. The number of methoxy groups -OCH3 is 1. The Kier molecular flexibility index (Phi) is 6.90. The monoisotopic (exact) mass is 415 g/mol. The van der Waals surface area contributed by atoms with Crippen LogP contribution < -0.4 is 10.1 Å². The summed E-state index contributed by atoms with van der Waals surface area (Å²) in [6.45, 7) is 1.18.